The first-order valence-electron chi connectivity index (χ1n) is 13.1. The van der Waals surface area contributed by atoms with E-state index in [-0.39, 0.29) is 41.8 Å². The molecule has 0 spiro atoms. The molecule has 4 aromatic rings. The van der Waals surface area contributed by atoms with Gasteiger partial charge < -0.3 is 19.8 Å². The summed E-state index contributed by atoms with van der Waals surface area (Å²) in [5.74, 6) is 0.450. The number of amides is 2. The van der Waals surface area contributed by atoms with Crippen LogP contribution in [0.25, 0.3) is 11.6 Å². The maximum atomic E-state index is 13.9. The highest BCUT2D eigenvalue weighted by atomic mass is 32.1. The number of carbonyl (C=O) groups is 2. The minimum atomic E-state index is -0.934. The van der Waals surface area contributed by atoms with E-state index in [9.17, 15) is 9.59 Å². The first kappa shape index (κ1) is 26.1. The largest absolute Gasteiger partial charge is 0.447 e. The number of nitrogens with zero attached hydrogens (tertiary/aromatic N) is 6. The highest BCUT2D eigenvalue weighted by Crippen LogP contribution is 2.36. The van der Waals surface area contributed by atoms with Gasteiger partial charge >= 0.3 is 6.09 Å². The van der Waals surface area contributed by atoms with Crippen molar-refractivity contribution in [2.24, 2.45) is 5.73 Å². The van der Waals surface area contributed by atoms with Crippen LogP contribution in [0.3, 0.4) is 0 Å². The number of rotatable bonds is 7. The Kier molecular flexibility index (Phi) is 6.80. The summed E-state index contributed by atoms with van der Waals surface area (Å²) in [5.41, 5.74) is 8.26. The predicted octanol–water partition coefficient (Wildman–Crippen LogP) is 4.25. The van der Waals surface area contributed by atoms with Gasteiger partial charge in [-0.25, -0.2) is 14.8 Å². The van der Waals surface area contributed by atoms with Crippen LogP contribution in [0.1, 0.15) is 58.3 Å². The van der Waals surface area contributed by atoms with Gasteiger partial charge in [0.1, 0.15) is 23.1 Å². The Hall–Kier alpha value is -4.16. The molecule has 2 aliphatic rings. The van der Waals surface area contributed by atoms with E-state index >= 15 is 0 Å². The number of cyclic esters (lactones) is 1. The molecule has 2 saturated heterocycles. The summed E-state index contributed by atoms with van der Waals surface area (Å²) in [4.78, 5) is 38.8. The van der Waals surface area contributed by atoms with Gasteiger partial charge in [0.2, 0.25) is 5.89 Å². The number of carbonyl (C=O) groups excluding carboxylic acids is 2. The lowest BCUT2D eigenvalue weighted by Crippen LogP contribution is -2.35. The van der Waals surface area contributed by atoms with Gasteiger partial charge in [0.25, 0.3) is 11.8 Å². The van der Waals surface area contributed by atoms with Crippen molar-refractivity contribution in [2.75, 3.05) is 24.6 Å². The molecule has 0 saturated carbocycles. The van der Waals surface area contributed by atoms with Gasteiger partial charge in [-0.2, -0.15) is 0 Å². The molecule has 206 valence electrons. The summed E-state index contributed by atoms with van der Waals surface area (Å²) in [6.07, 6.45) is 1.68. The van der Waals surface area contributed by atoms with Gasteiger partial charge in [0, 0.05) is 23.2 Å². The molecule has 5 heterocycles. The molecule has 40 heavy (non-hydrogen) atoms. The number of anilines is 1. The average Bonchev–Trinajstić information content (AvgIpc) is 3.75. The van der Waals surface area contributed by atoms with Crippen molar-refractivity contribution in [1.82, 2.24) is 25.1 Å². The number of nitrogens with two attached hydrogens (primary N) is 1. The second-order valence-corrected chi connectivity index (χ2v) is 11.2. The second-order valence-electron chi connectivity index (χ2n) is 10.3. The lowest BCUT2D eigenvalue weighted by molar-refractivity contribution is 0.0735. The number of pyridine rings is 1. The van der Waals surface area contributed by atoms with E-state index in [0.717, 1.165) is 29.1 Å². The van der Waals surface area contributed by atoms with E-state index in [1.807, 2.05) is 54.5 Å². The van der Waals surface area contributed by atoms with Crippen LogP contribution in [0.2, 0.25) is 0 Å². The molecule has 0 aliphatic carbocycles. The van der Waals surface area contributed by atoms with Crippen LogP contribution in [0.15, 0.2) is 52.3 Å². The lowest BCUT2D eigenvalue weighted by Gasteiger charge is -2.24. The topological polar surface area (TPSA) is 141 Å². The Balaban J connectivity index is 1.35. The third kappa shape index (κ3) is 5.07. The van der Waals surface area contributed by atoms with E-state index in [2.05, 4.69) is 20.2 Å². The Labute approximate surface area is 235 Å². The van der Waals surface area contributed by atoms with Crippen LogP contribution in [-0.4, -0.2) is 56.8 Å². The molecule has 0 radical (unpaired) electrons. The maximum Gasteiger partial charge on any atom is 0.415 e. The molecule has 2 N–H and O–H groups in total. The monoisotopic (exact) mass is 559 g/mol. The van der Waals surface area contributed by atoms with Gasteiger partial charge in [-0.15, -0.1) is 21.5 Å². The van der Waals surface area contributed by atoms with E-state index in [1.54, 1.807) is 23.5 Å². The zero-order chi connectivity index (χ0) is 27.9. The Morgan fingerprint density at radius 1 is 1.18 bits per heavy atom. The van der Waals surface area contributed by atoms with Crippen LogP contribution >= 0.6 is 11.3 Å². The molecule has 2 amide bonds. The highest BCUT2D eigenvalue weighted by Gasteiger charge is 2.35. The Morgan fingerprint density at radius 2 is 2.00 bits per heavy atom. The van der Waals surface area contributed by atoms with Crippen LogP contribution in [0, 0.1) is 6.92 Å². The number of benzene rings is 1. The van der Waals surface area contributed by atoms with Crippen molar-refractivity contribution in [3.05, 3.63) is 75.6 Å². The highest BCUT2D eigenvalue weighted by molar-refractivity contribution is 7.09. The summed E-state index contributed by atoms with van der Waals surface area (Å²) in [6.45, 7) is 4.94. The van der Waals surface area contributed by atoms with Crippen molar-refractivity contribution in [1.29, 1.82) is 0 Å². The maximum absolute atomic E-state index is 13.9. The average molecular weight is 560 g/mol. The molecule has 3 aromatic heterocycles. The summed E-state index contributed by atoms with van der Waals surface area (Å²) in [5, 5.41) is 11.4. The quantitative estimate of drug-likeness (QED) is 0.352. The molecule has 2 atom stereocenters. The molecule has 2 unspecified atom stereocenters. The molecule has 1 aromatic carbocycles. The standard InChI is InChI=1S/C28H29N7O4S/c1-17-16-40-24(30-17)21-9-6-10-34(21)25(36)19-13-20(31-22(14-19)35-11-12-38-27(35)37)23-32-33-26(39-23)28(2,29)15-18-7-4-3-5-8-18/h3-5,7-8,13-14,16,21H,6,9-12,15,29H2,1-2H3. The number of hydrogen-bond donors (Lipinski definition) is 1. The van der Waals surface area contributed by atoms with Gasteiger partial charge in [-0.05, 0) is 50.8 Å². The molecular weight excluding hydrogens is 530 g/mol. The Bertz CT molecular complexity index is 1550. The zero-order valence-electron chi connectivity index (χ0n) is 22.2. The molecule has 6 rings (SSSR count). The lowest BCUT2D eigenvalue weighted by atomic mass is 9.94. The Morgan fingerprint density at radius 3 is 2.73 bits per heavy atom. The van der Waals surface area contributed by atoms with Crippen LogP contribution < -0.4 is 10.6 Å². The number of likely N-dealkylation sites (tertiary alicyclic amines) is 1. The fraction of sp³-hybridized carbons (Fsp3) is 0.357. The van der Waals surface area contributed by atoms with E-state index in [4.69, 9.17) is 14.9 Å². The molecular formula is C28H29N7O4S. The third-order valence-electron chi connectivity index (χ3n) is 7.08. The van der Waals surface area contributed by atoms with E-state index < -0.39 is 11.6 Å². The minimum Gasteiger partial charge on any atom is -0.447 e. The van der Waals surface area contributed by atoms with Crippen molar-refractivity contribution in [3.63, 3.8) is 0 Å². The number of hydrogen-bond acceptors (Lipinski definition) is 10. The molecule has 11 nitrogen and oxygen atoms in total. The van der Waals surface area contributed by atoms with Crippen LogP contribution in [0.5, 0.6) is 0 Å². The van der Waals surface area contributed by atoms with Gasteiger partial charge in [0.05, 0.1) is 18.1 Å². The van der Waals surface area contributed by atoms with Gasteiger partial charge in [-0.1, -0.05) is 30.3 Å². The molecule has 2 fully saturated rings. The molecule has 0 bridgehead atoms. The first-order valence-corrected chi connectivity index (χ1v) is 14.0. The van der Waals surface area contributed by atoms with Gasteiger partial charge in [-0.3, -0.25) is 9.69 Å². The van der Waals surface area contributed by atoms with E-state index in [1.165, 1.54) is 4.90 Å². The van der Waals surface area contributed by atoms with E-state index in [0.29, 0.717) is 25.1 Å². The summed E-state index contributed by atoms with van der Waals surface area (Å²) in [6, 6.07) is 12.9. The SMILES string of the molecule is Cc1csc(C2CCCN2C(=O)c2cc(-c3nnc(C(C)(N)Cc4ccccc4)o3)nc(N3CCOC3=O)c2)n1. The number of ether oxygens (including phenoxy) is 1. The zero-order valence-corrected chi connectivity index (χ0v) is 23.1. The number of thiazole rings is 1. The fourth-order valence-electron chi connectivity index (χ4n) is 5.10. The molecule has 12 heteroatoms. The van der Waals surface area contributed by atoms with Crippen LogP contribution in [-0.2, 0) is 16.7 Å². The third-order valence-corrected chi connectivity index (χ3v) is 8.14. The first-order chi connectivity index (χ1) is 19.3. The number of aryl methyl sites for hydroxylation is 1. The van der Waals surface area contributed by atoms with Crippen molar-refractivity contribution in [2.45, 2.75) is 44.7 Å². The number of aromatic nitrogens is 4. The van der Waals surface area contributed by atoms with Crippen molar-refractivity contribution < 1.29 is 18.7 Å². The predicted molar refractivity (Wildman–Crippen MR) is 148 cm³/mol. The normalized spacial score (nSPS) is 18.7. The van der Waals surface area contributed by atoms with Crippen molar-refractivity contribution >= 4 is 29.2 Å². The minimum absolute atomic E-state index is 0.103. The van der Waals surface area contributed by atoms with Gasteiger partial charge in [0.15, 0.2) is 0 Å². The van der Waals surface area contributed by atoms with Crippen molar-refractivity contribution in [3.8, 4) is 11.6 Å². The fourth-order valence-corrected chi connectivity index (χ4v) is 6.04. The summed E-state index contributed by atoms with van der Waals surface area (Å²) >= 11 is 1.56. The smallest absolute Gasteiger partial charge is 0.415 e. The summed E-state index contributed by atoms with van der Waals surface area (Å²) in [7, 11) is 0. The summed E-state index contributed by atoms with van der Waals surface area (Å²) < 4.78 is 11.2. The van der Waals surface area contributed by atoms with Crippen LogP contribution in [0.4, 0.5) is 10.6 Å². The molecule has 2 aliphatic heterocycles. The second kappa shape index (κ2) is 10.4.